The summed E-state index contributed by atoms with van der Waals surface area (Å²) < 4.78 is 25.9. The molecule has 0 aromatic heterocycles. The number of carboxylic acid groups (broad SMARTS) is 1. The van der Waals surface area contributed by atoms with E-state index in [2.05, 4.69) is 6.92 Å². The molecule has 0 saturated heterocycles. The molecule has 178 valence electrons. The van der Waals surface area contributed by atoms with Crippen LogP contribution in [0.2, 0.25) is 0 Å². The molecule has 0 heterocycles. The van der Waals surface area contributed by atoms with Crippen LogP contribution in [-0.2, 0) is 33.3 Å². The second kappa shape index (κ2) is 24.1. The molecule has 0 aliphatic carbocycles. The third kappa shape index (κ3) is 24.8. The van der Waals surface area contributed by atoms with Gasteiger partial charge in [-0.2, -0.15) is 0 Å². The van der Waals surface area contributed by atoms with Gasteiger partial charge in [0.25, 0.3) is 0 Å². The lowest BCUT2D eigenvalue weighted by atomic mass is 10.1. The Morgan fingerprint density at radius 1 is 0.600 bits per heavy atom. The highest BCUT2D eigenvalue weighted by molar-refractivity contribution is 5.69. The summed E-state index contributed by atoms with van der Waals surface area (Å²) in [5, 5.41) is 8.38. The Morgan fingerprint density at radius 3 is 1.53 bits per heavy atom. The Kier molecular flexibility index (Phi) is 23.1. The van der Waals surface area contributed by atoms with E-state index in [1.165, 1.54) is 44.9 Å². The van der Waals surface area contributed by atoms with Gasteiger partial charge in [-0.1, -0.05) is 58.3 Å². The van der Waals surface area contributed by atoms with E-state index in [4.69, 9.17) is 28.8 Å². The minimum atomic E-state index is -0.994. The molecule has 0 unspecified atom stereocenters. The zero-order chi connectivity index (χ0) is 22.1. The average Bonchev–Trinajstić information content (AvgIpc) is 2.72. The van der Waals surface area contributed by atoms with Crippen molar-refractivity contribution in [3.8, 4) is 0 Å². The van der Waals surface area contributed by atoms with Crippen LogP contribution < -0.4 is 0 Å². The Morgan fingerprint density at radius 2 is 1.03 bits per heavy atom. The lowest BCUT2D eigenvalue weighted by Gasteiger charge is -2.08. The molecule has 0 atom stereocenters. The quantitative estimate of drug-likeness (QED) is 0.182. The Labute approximate surface area is 181 Å². The predicted octanol–water partition coefficient (Wildman–Crippen LogP) is 3.60. The van der Waals surface area contributed by atoms with Gasteiger partial charge in [-0.25, -0.2) is 4.79 Å². The van der Waals surface area contributed by atoms with Crippen molar-refractivity contribution in [3.63, 3.8) is 0 Å². The smallest absolute Gasteiger partial charge is 0.329 e. The van der Waals surface area contributed by atoms with Crippen LogP contribution in [0.5, 0.6) is 0 Å². The van der Waals surface area contributed by atoms with Crippen molar-refractivity contribution in [1.29, 1.82) is 0 Å². The maximum atomic E-state index is 11.6. The van der Waals surface area contributed by atoms with Crippen LogP contribution in [0.15, 0.2) is 0 Å². The second-order valence-electron chi connectivity index (χ2n) is 7.08. The van der Waals surface area contributed by atoms with E-state index in [1.54, 1.807) is 0 Å². The third-order valence-electron chi connectivity index (χ3n) is 4.32. The fourth-order valence-electron chi connectivity index (χ4n) is 2.69. The predicted molar refractivity (Wildman–Crippen MR) is 114 cm³/mol. The molecule has 0 saturated carbocycles. The number of unbranched alkanes of at least 4 members (excludes halogenated alkanes) is 8. The summed E-state index contributed by atoms with van der Waals surface area (Å²) in [5.74, 6) is -1.14. The lowest BCUT2D eigenvalue weighted by molar-refractivity contribution is -0.145. The Bertz CT molecular complexity index is 389. The normalized spacial score (nSPS) is 11.0. The molecule has 0 rings (SSSR count). The summed E-state index contributed by atoms with van der Waals surface area (Å²) in [6, 6.07) is 0. The maximum Gasteiger partial charge on any atom is 0.329 e. The zero-order valence-corrected chi connectivity index (χ0v) is 18.7. The highest BCUT2D eigenvalue weighted by Crippen LogP contribution is 2.10. The van der Waals surface area contributed by atoms with Crippen molar-refractivity contribution in [2.24, 2.45) is 0 Å². The molecule has 0 radical (unpaired) electrons. The number of ether oxygens (including phenoxy) is 5. The number of hydrogen-bond acceptors (Lipinski definition) is 7. The van der Waals surface area contributed by atoms with E-state index in [-0.39, 0.29) is 25.8 Å². The third-order valence-corrected chi connectivity index (χ3v) is 4.32. The van der Waals surface area contributed by atoms with Gasteiger partial charge in [0, 0.05) is 6.42 Å². The number of carboxylic acids is 1. The SMILES string of the molecule is CCCCCCCCCCCC(=O)OCCOCCOCCOCCOCC(=O)O. The van der Waals surface area contributed by atoms with Gasteiger partial charge >= 0.3 is 11.9 Å². The average molecular weight is 435 g/mol. The van der Waals surface area contributed by atoms with Gasteiger partial charge < -0.3 is 28.8 Å². The minimum absolute atomic E-state index is 0.151. The van der Waals surface area contributed by atoms with Crippen molar-refractivity contribution >= 4 is 11.9 Å². The first kappa shape index (κ1) is 28.8. The number of esters is 1. The highest BCUT2D eigenvalue weighted by Gasteiger charge is 2.02. The van der Waals surface area contributed by atoms with Crippen molar-refractivity contribution in [2.75, 3.05) is 59.5 Å². The van der Waals surface area contributed by atoms with Gasteiger partial charge in [0.2, 0.25) is 0 Å². The van der Waals surface area contributed by atoms with E-state index < -0.39 is 5.97 Å². The minimum Gasteiger partial charge on any atom is -0.480 e. The zero-order valence-electron chi connectivity index (χ0n) is 18.7. The van der Waals surface area contributed by atoms with Crippen molar-refractivity contribution < 1.29 is 38.4 Å². The van der Waals surface area contributed by atoms with Gasteiger partial charge in [0.05, 0.1) is 46.2 Å². The largest absolute Gasteiger partial charge is 0.480 e. The molecule has 0 spiro atoms. The summed E-state index contributed by atoms with van der Waals surface area (Å²) in [4.78, 5) is 21.8. The summed E-state index contributed by atoms with van der Waals surface area (Å²) in [6.45, 7) is 4.83. The van der Waals surface area contributed by atoms with Crippen LogP contribution in [-0.4, -0.2) is 76.5 Å². The standard InChI is InChI=1S/C22H42O8/c1-2-3-4-5-6-7-8-9-10-11-22(25)30-19-18-28-15-14-26-12-13-27-16-17-29-20-21(23)24/h2-20H2,1H3,(H,23,24). The van der Waals surface area contributed by atoms with Crippen LogP contribution in [0.4, 0.5) is 0 Å². The number of rotatable bonds is 24. The second-order valence-corrected chi connectivity index (χ2v) is 7.08. The van der Waals surface area contributed by atoms with E-state index in [9.17, 15) is 9.59 Å². The van der Waals surface area contributed by atoms with Gasteiger partial charge in [-0.3, -0.25) is 4.79 Å². The van der Waals surface area contributed by atoms with Crippen LogP contribution in [0, 0.1) is 0 Å². The Hall–Kier alpha value is -1.22. The molecule has 0 aromatic carbocycles. The van der Waals surface area contributed by atoms with Crippen molar-refractivity contribution in [1.82, 2.24) is 0 Å². The maximum absolute atomic E-state index is 11.6. The van der Waals surface area contributed by atoms with Crippen LogP contribution in [0.25, 0.3) is 0 Å². The summed E-state index contributed by atoms with van der Waals surface area (Å²) in [5.41, 5.74) is 0. The van der Waals surface area contributed by atoms with Crippen LogP contribution in [0.3, 0.4) is 0 Å². The topological polar surface area (TPSA) is 101 Å². The van der Waals surface area contributed by atoms with Crippen molar-refractivity contribution in [3.05, 3.63) is 0 Å². The molecule has 0 aromatic rings. The van der Waals surface area contributed by atoms with E-state index in [0.717, 1.165) is 12.8 Å². The van der Waals surface area contributed by atoms with Gasteiger partial charge in [0.1, 0.15) is 13.2 Å². The molecule has 8 nitrogen and oxygen atoms in total. The molecular weight excluding hydrogens is 392 g/mol. The summed E-state index contributed by atoms with van der Waals surface area (Å²) in [6.07, 6.45) is 11.6. The molecule has 30 heavy (non-hydrogen) atoms. The fourth-order valence-corrected chi connectivity index (χ4v) is 2.69. The number of carbonyl (C=O) groups excluding carboxylic acids is 1. The van der Waals surface area contributed by atoms with Gasteiger partial charge in [-0.05, 0) is 6.42 Å². The van der Waals surface area contributed by atoms with Gasteiger partial charge in [-0.15, -0.1) is 0 Å². The molecular formula is C22H42O8. The highest BCUT2D eigenvalue weighted by atomic mass is 16.6. The molecule has 0 aliphatic rings. The van der Waals surface area contributed by atoms with Crippen molar-refractivity contribution in [2.45, 2.75) is 71.1 Å². The molecule has 8 heteroatoms. The number of aliphatic carboxylic acids is 1. The number of carbonyl (C=O) groups is 2. The monoisotopic (exact) mass is 434 g/mol. The van der Waals surface area contributed by atoms with Crippen LogP contribution >= 0.6 is 0 Å². The van der Waals surface area contributed by atoms with E-state index in [0.29, 0.717) is 46.1 Å². The fraction of sp³-hybridized carbons (Fsp3) is 0.909. The first-order valence-corrected chi connectivity index (χ1v) is 11.3. The summed E-state index contributed by atoms with van der Waals surface area (Å²) >= 11 is 0. The van der Waals surface area contributed by atoms with Crippen LogP contribution in [0.1, 0.15) is 71.1 Å². The van der Waals surface area contributed by atoms with E-state index >= 15 is 0 Å². The molecule has 0 amide bonds. The van der Waals surface area contributed by atoms with E-state index in [1.807, 2.05) is 0 Å². The lowest BCUT2D eigenvalue weighted by Crippen LogP contribution is -2.15. The Balaban J connectivity index is 3.15. The molecule has 1 N–H and O–H groups in total. The first-order chi connectivity index (χ1) is 14.7. The first-order valence-electron chi connectivity index (χ1n) is 11.3. The molecule has 0 fully saturated rings. The van der Waals surface area contributed by atoms with Gasteiger partial charge in [0.15, 0.2) is 0 Å². The molecule has 0 aliphatic heterocycles. The number of hydrogen-bond donors (Lipinski definition) is 1. The summed E-state index contributed by atoms with van der Waals surface area (Å²) in [7, 11) is 0. The molecule has 0 bridgehead atoms.